The Hall–Kier alpha value is -4.80. The number of fused-ring (bicyclic) bond motifs is 5. The number of hydrogen-bond donors (Lipinski definition) is 0. The van der Waals surface area contributed by atoms with Crippen LogP contribution in [0.15, 0.2) is 138 Å². The van der Waals surface area contributed by atoms with Gasteiger partial charge in [-0.2, -0.15) is 0 Å². The molecule has 2 aromatic heterocycles. The lowest BCUT2D eigenvalue weighted by Crippen LogP contribution is -1.97. The molecule has 4 heteroatoms. The predicted molar refractivity (Wildman–Crippen MR) is 170 cm³/mol. The van der Waals surface area contributed by atoms with Crippen molar-refractivity contribution in [3.8, 4) is 28.2 Å². The molecule has 0 amide bonds. The molecule has 6 aromatic carbocycles. The molecule has 8 aromatic rings. The van der Waals surface area contributed by atoms with Crippen molar-refractivity contribution in [2.75, 3.05) is 0 Å². The van der Waals surface area contributed by atoms with Gasteiger partial charge in [0.05, 0.1) is 33.5 Å². The standard InChI is InChI=1S/C36H22BrN3/c37-30-16-9-13-25-26(30)14-8-15-28(25)36-35(38-31-17-5-6-18-32(31)39-36)23-20-21-34-29(22-23)27-12-4-7-19-33(27)40(34)24-10-2-1-3-11-24/h1-22H. The fourth-order valence-corrected chi connectivity index (χ4v) is 6.34. The molecule has 3 nitrogen and oxygen atoms in total. The molecule has 0 saturated heterocycles. The van der Waals surface area contributed by atoms with Gasteiger partial charge in [0.2, 0.25) is 0 Å². The summed E-state index contributed by atoms with van der Waals surface area (Å²) < 4.78 is 3.40. The van der Waals surface area contributed by atoms with Crippen molar-refractivity contribution in [2.45, 2.75) is 0 Å². The minimum atomic E-state index is 0.879. The quantitative estimate of drug-likeness (QED) is 0.210. The lowest BCUT2D eigenvalue weighted by molar-refractivity contribution is 1.18. The Morgan fingerprint density at radius 1 is 0.475 bits per heavy atom. The largest absolute Gasteiger partial charge is 0.309 e. The molecule has 0 aliphatic heterocycles. The molecule has 0 fully saturated rings. The van der Waals surface area contributed by atoms with Gasteiger partial charge >= 0.3 is 0 Å². The average Bonchev–Trinajstić information content (AvgIpc) is 3.34. The summed E-state index contributed by atoms with van der Waals surface area (Å²) in [5.41, 5.74) is 9.14. The zero-order valence-corrected chi connectivity index (χ0v) is 23.0. The zero-order valence-electron chi connectivity index (χ0n) is 21.4. The van der Waals surface area contributed by atoms with Crippen LogP contribution < -0.4 is 0 Å². The van der Waals surface area contributed by atoms with Crippen molar-refractivity contribution in [3.63, 3.8) is 0 Å². The van der Waals surface area contributed by atoms with Crippen molar-refractivity contribution in [3.05, 3.63) is 138 Å². The highest BCUT2D eigenvalue weighted by Crippen LogP contribution is 2.39. The monoisotopic (exact) mass is 575 g/mol. The Morgan fingerprint density at radius 2 is 1.12 bits per heavy atom. The third-order valence-electron chi connectivity index (χ3n) is 7.65. The molecule has 0 atom stereocenters. The minimum absolute atomic E-state index is 0.879. The van der Waals surface area contributed by atoms with Crippen LogP contribution in [0, 0.1) is 0 Å². The predicted octanol–water partition coefficient (Wildman–Crippen LogP) is 9.98. The number of aromatic nitrogens is 3. The smallest absolute Gasteiger partial charge is 0.0979 e. The number of rotatable bonds is 3. The summed E-state index contributed by atoms with van der Waals surface area (Å²) in [4.78, 5) is 10.4. The lowest BCUT2D eigenvalue weighted by atomic mass is 9.97. The van der Waals surface area contributed by atoms with Gasteiger partial charge < -0.3 is 4.57 Å². The second-order valence-electron chi connectivity index (χ2n) is 9.97. The molecule has 0 bridgehead atoms. The summed E-state index contributed by atoms with van der Waals surface area (Å²) in [6, 6.07) is 46.7. The zero-order chi connectivity index (χ0) is 26.6. The molecule has 0 aliphatic carbocycles. The Balaban J connectivity index is 1.44. The van der Waals surface area contributed by atoms with Crippen molar-refractivity contribution in [1.82, 2.24) is 14.5 Å². The average molecular weight is 576 g/mol. The van der Waals surface area contributed by atoms with Crippen LogP contribution in [0.25, 0.3) is 71.8 Å². The van der Waals surface area contributed by atoms with E-state index in [0.29, 0.717) is 0 Å². The van der Waals surface area contributed by atoms with Crippen molar-refractivity contribution >= 4 is 59.5 Å². The van der Waals surface area contributed by atoms with Crippen LogP contribution in [0.3, 0.4) is 0 Å². The maximum atomic E-state index is 5.22. The molecule has 0 aliphatic rings. The normalized spacial score (nSPS) is 11.6. The summed E-state index contributed by atoms with van der Waals surface area (Å²) >= 11 is 3.74. The number of halogens is 1. The first-order valence-corrected chi connectivity index (χ1v) is 14.1. The van der Waals surface area contributed by atoms with Crippen LogP contribution in [-0.4, -0.2) is 14.5 Å². The maximum Gasteiger partial charge on any atom is 0.0979 e. The van der Waals surface area contributed by atoms with Crippen molar-refractivity contribution in [2.24, 2.45) is 0 Å². The molecule has 0 saturated carbocycles. The number of para-hydroxylation sites is 4. The maximum absolute atomic E-state index is 5.22. The van der Waals surface area contributed by atoms with E-state index in [4.69, 9.17) is 9.97 Å². The Labute approximate surface area is 239 Å². The fourth-order valence-electron chi connectivity index (χ4n) is 5.84. The summed E-state index contributed by atoms with van der Waals surface area (Å²) in [6.07, 6.45) is 0. The van der Waals surface area contributed by atoms with Gasteiger partial charge in [-0.3, -0.25) is 0 Å². The van der Waals surface area contributed by atoms with Gasteiger partial charge in [0.15, 0.2) is 0 Å². The molecule has 0 radical (unpaired) electrons. The number of benzene rings is 6. The van der Waals surface area contributed by atoms with Gasteiger partial charge in [-0.1, -0.05) is 101 Å². The Kier molecular flexibility index (Phi) is 5.29. The van der Waals surface area contributed by atoms with Crippen LogP contribution in [0.1, 0.15) is 0 Å². The summed E-state index contributed by atoms with van der Waals surface area (Å²) in [5.74, 6) is 0. The van der Waals surface area contributed by atoms with Gasteiger partial charge in [-0.05, 0) is 59.3 Å². The van der Waals surface area contributed by atoms with Crippen LogP contribution in [0.2, 0.25) is 0 Å². The molecule has 0 unspecified atom stereocenters. The number of nitrogens with zero attached hydrogens (tertiary/aromatic N) is 3. The highest BCUT2D eigenvalue weighted by molar-refractivity contribution is 9.10. The van der Waals surface area contributed by atoms with Crippen LogP contribution >= 0.6 is 15.9 Å². The molecule has 0 spiro atoms. The molecular weight excluding hydrogens is 554 g/mol. The van der Waals surface area contributed by atoms with Crippen LogP contribution in [0.4, 0.5) is 0 Å². The summed E-state index contributed by atoms with van der Waals surface area (Å²) in [7, 11) is 0. The molecule has 188 valence electrons. The van der Waals surface area contributed by atoms with Gasteiger partial charge in [0, 0.05) is 32.1 Å². The minimum Gasteiger partial charge on any atom is -0.309 e. The third kappa shape index (κ3) is 3.57. The van der Waals surface area contributed by atoms with E-state index in [0.717, 1.165) is 54.5 Å². The molecule has 8 rings (SSSR count). The Bertz CT molecular complexity index is 2230. The van der Waals surface area contributed by atoms with E-state index >= 15 is 0 Å². The van der Waals surface area contributed by atoms with Crippen LogP contribution in [0.5, 0.6) is 0 Å². The Morgan fingerprint density at radius 3 is 1.98 bits per heavy atom. The third-order valence-corrected chi connectivity index (χ3v) is 8.35. The fraction of sp³-hybridized carbons (Fsp3) is 0. The van der Waals surface area contributed by atoms with Crippen LogP contribution in [-0.2, 0) is 0 Å². The first kappa shape index (κ1) is 23.1. The highest BCUT2D eigenvalue weighted by atomic mass is 79.9. The van der Waals surface area contributed by atoms with Gasteiger partial charge in [-0.15, -0.1) is 0 Å². The van der Waals surface area contributed by atoms with E-state index in [1.165, 1.54) is 21.8 Å². The highest BCUT2D eigenvalue weighted by Gasteiger charge is 2.18. The summed E-state index contributed by atoms with van der Waals surface area (Å²) in [5, 5.41) is 4.71. The SMILES string of the molecule is Brc1cccc2c(-c3nc4ccccc4nc3-c3ccc4c(c3)c3ccccc3n4-c3ccccc3)cccc12. The van der Waals surface area contributed by atoms with Crippen molar-refractivity contribution in [1.29, 1.82) is 0 Å². The van der Waals surface area contributed by atoms with Gasteiger partial charge in [0.1, 0.15) is 0 Å². The molecule has 0 N–H and O–H groups in total. The van der Waals surface area contributed by atoms with E-state index < -0.39 is 0 Å². The first-order valence-electron chi connectivity index (χ1n) is 13.3. The van der Waals surface area contributed by atoms with E-state index in [2.05, 4.69) is 130 Å². The molecule has 40 heavy (non-hydrogen) atoms. The first-order chi connectivity index (χ1) is 19.8. The van der Waals surface area contributed by atoms with Crippen molar-refractivity contribution < 1.29 is 0 Å². The second kappa shape index (κ2) is 9.15. The van der Waals surface area contributed by atoms with Gasteiger partial charge in [0.25, 0.3) is 0 Å². The lowest BCUT2D eigenvalue weighted by Gasteiger charge is -2.14. The topological polar surface area (TPSA) is 30.7 Å². The van der Waals surface area contributed by atoms with Gasteiger partial charge in [-0.25, -0.2) is 9.97 Å². The molecular formula is C36H22BrN3. The van der Waals surface area contributed by atoms with E-state index in [-0.39, 0.29) is 0 Å². The second-order valence-corrected chi connectivity index (χ2v) is 10.8. The molecule has 2 heterocycles. The van der Waals surface area contributed by atoms with E-state index in [9.17, 15) is 0 Å². The van der Waals surface area contributed by atoms with E-state index in [1.807, 2.05) is 24.3 Å². The van der Waals surface area contributed by atoms with E-state index in [1.54, 1.807) is 0 Å². The number of hydrogen-bond acceptors (Lipinski definition) is 2. The summed E-state index contributed by atoms with van der Waals surface area (Å²) in [6.45, 7) is 0.